The van der Waals surface area contributed by atoms with Crippen LogP contribution in [0.1, 0.15) is 26.7 Å². The highest BCUT2D eigenvalue weighted by molar-refractivity contribution is 4.78. The Morgan fingerprint density at radius 3 is 2.67 bits per heavy atom. The molecule has 0 spiro atoms. The molecule has 0 unspecified atom stereocenters. The van der Waals surface area contributed by atoms with E-state index in [1.165, 1.54) is 12.8 Å². The van der Waals surface area contributed by atoms with Gasteiger partial charge in [0.1, 0.15) is 0 Å². The van der Waals surface area contributed by atoms with Crippen molar-refractivity contribution in [2.75, 3.05) is 13.2 Å². The molecule has 0 saturated heterocycles. The Hall–Kier alpha value is -0.0400. The Kier molecular flexibility index (Phi) is 2.52. The molecule has 0 heterocycles. The third-order valence-electron chi connectivity index (χ3n) is 2.01. The molecule has 1 aliphatic rings. The summed E-state index contributed by atoms with van der Waals surface area (Å²) in [6.07, 6.45) is 2.88. The third-order valence-corrected chi connectivity index (χ3v) is 2.01. The Bertz CT molecular complexity index is 76.6. The summed E-state index contributed by atoms with van der Waals surface area (Å²) < 4.78 is 5.30. The van der Waals surface area contributed by atoms with Gasteiger partial charge in [-0.2, -0.15) is 0 Å². The van der Waals surface area contributed by atoms with E-state index in [2.05, 4.69) is 13.8 Å². The molecule has 1 atom stereocenters. The molecular weight excluding hydrogens is 112 g/mol. The highest BCUT2D eigenvalue weighted by Gasteiger charge is 2.27. The largest absolute Gasteiger partial charge is 0.381 e. The first kappa shape index (κ1) is 7.07. The lowest BCUT2D eigenvalue weighted by Crippen LogP contribution is -2.06. The minimum absolute atomic E-state index is 0.810. The Morgan fingerprint density at radius 1 is 1.56 bits per heavy atom. The maximum Gasteiger partial charge on any atom is 0.0494 e. The lowest BCUT2D eigenvalue weighted by molar-refractivity contribution is 0.109. The normalized spacial score (nSPS) is 22.0. The van der Waals surface area contributed by atoms with Crippen molar-refractivity contribution in [3.8, 4) is 0 Å². The van der Waals surface area contributed by atoms with Gasteiger partial charge in [-0.15, -0.1) is 0 Å². The SMILES string of the molecule is CCOC[C@H](C)C1CC1. The molecule has 0 aliphatic heterocycles. The van der Waals surface area contributed by atoms with Crippen molar-refractivity contribution in [1.29, 1.82) is 0 Å². The van der Waals surface area contributed by atoms with Gasteiger partial charge < -0.3 is 4.74 Å². The van der Waals surface area contributed by atoms with Gasteiger partial charge in [-0.1, -0.05) is 6.92 Å². The summed E-state index contributed by atoms with van der Waals surface area (Å²) in [7, 11) is 0. The highest BCUT2D eigenvalue weighted by atomic mass is 16.5. The summed E-state index contributed by atoms with van der Waals surface area (Å²) in [6.45, 7) is 6.19. The molecule has 54 valence electrons. The van der Waals surface area contributed by atoms with Gasteiger partial charge in [0, 0.05) is 13.2 Å². The molecule has 0 aromatic heterocycles. The van der Waals surface area contributed by atoms with Crippen LogP contribution in [0.4, 0.5) is 0 Å². The maximum atomic E-state index is 5.30. The fraction of sp³-hybridized carbons (Fsp3) is 1.00. The van der Waals surface area contributed by atoms with E-state index in [0.717, 1.165) is 25.0 Å². The second-order valence-corrected chi connectivity index (χ2v) is 2.97. The van der Waals surface area contributed by atoms with Crippen LogP contribution in [0, 0.1) is 11.8 Å². The second-order valence-electron chi connectivity index (χ2n) is 2.97. The zero-order valence-corrected chi connectivity index (χ0v) is 6.39. The minimum atomic E-state index is 0.810. The van der Waals surface area contributed by atoms with Crippen LogP contribution < -0.4 is 0 Å². The summed E-state index contributed by atoms with van der Waals surface area (Å²) in [6, 6.07) is 0. The van der Waals surface area contributed by atoms with E-state index < -0.39 is 0 Å². The first-order chi connectivity index (χ1) is 4.34. The molecule has 0 aromatic rings. The smallest absolute Gasteiger partial charge is 0.0494 e. The van der Waals surface area contributed by atoms with E-state index in [9.17, 15) is 0 Å². The van der Waals surface area contributed by atoms with Crippen LogP contribution in [-0.2, 0) is 4.74 Å². The summed E-state index contributed by atoms with van der Waals surface area (Å²) in [4.78, 5) is 0. The highest BCUT2D eigenvalue weighted by Crippen LogP contribution is 2.36. The van der Waals surface area contributed by atoms with Crippen molar-refractivity contribution in [1.82, 2.24) is 0 Å². The lowest BCUT2D eigenvalue weighted by atomic mass is 10.1. The van der Waals surface area contributed by atoms with Crippen LogP contribution in [-0.4, -0.2) is 13.2 Å². The van der Waals surface area contributed by atoms with Gasteiger partial charge in [0.2, 0.25) is 0 Å². The topological polar surface area (TPSA) is 9.23 Å². The molecule has 9 heavy (non-hydrogen) atoms. The number of ether oxygens (including phenoxy) is 1. The summed E-state index contributed by atoms with van der Waals surface area (Å²) in [5, 5.41) is 0. The Balaban J connectivity index is 1.96. The standard InChI is InChI=1S/C8H16O/c1-3-9-6-7(2)8-4-5-8/h7-8H,3-6H2,1-2H3/t7-/m0/s1. The average Bonchev–Trinajstić information content (AvgIpc) is 2.63. The molecule has 0 N–H and O–H groups in total. The van der Waals surface area contributed by atoms with E-state index >= 15 is 0 Å². The van der Waals surface area contributed by atoms with Crippen molar-refractivity contribution in [3.05, 3.63) is 0 Å². The average molecular weight is 128 g/mol. The number of hydrogen-bond donors (Lipinski definition) is 0. The molecule has 0 radical (unpaired) electrons. The van der Waals surface area contributed by atoms with E-state index in [-0.39, 0.29) is 0 Å². The van der Waals surface area contributed by atoms with Gasteiger partial charge >= 0.3 is 0 Å². The number of rotatable bonds is 4. The van der Waals surface area contributed by atoms with E-state index in [0.29, 0.717) is 0 Å². The van der Waals surface area contributed by atoms with Gasteiger partial charge in [-0.05, 0) is 31.6 Å². The van der Waals surface area contributed by atoms with Crippen LogP contribution in [0.15, 0.2) is 0 Å². The van der Waals surface area contributed by atoms with Crippen LogP contribution >= 0.6 is 0 Å². The van der Waals surface area contributed by atoms with E-state index in [1.807, 2.05) is 0 Å². The zero-order chi connectivity index (χ0) is 6.69. The van der Waals surface area contributed by atoms with Gasteiger partial charge in [-0.25, -0.2) is 0 Å². The van der Waals surface area contributed by atoms with E-state index in [1.54, 1.807) is 0 Å². The van der Waals surface area contributed by atoms with Crippen molar-refractivity contribution in [2.24, 2.45) is 11.8 Å². The molecule has 0 aromatic carbocycles. The molecule has 1 rings (SSSR count). The fourth-order valence-electron chi connectivity index (χ4n) is 1.11. The van der Waals surface area contributed by atoms with Crippen molar-refractivity contribution in [2.45, 2.75) is 26.7 Å². The monoisotopic (exact) mass is 128 g/mol. The molecule has 1 heteroatoms. The van der Waals surface area contributed by atoms with Crippen LogP contribution in [0.5, 0.6) is 0 Å². The summed E-state index contributed by atoms with van der Waals surface area (Å²) in [5.41, 5.74) is 0. The molecule has 1 nitrogen and oxygen atoms in total. The number of hydrogen-bond acceptors (Lipinski definition) is 1. The van der Waals surface area contributed by atoms with Gasteiger partial charge in [0.05, 0.1) is 0 Å². The van der Waals surface area contributed by atoms with Crippen LogP contribution in [0.2, 0.25) is 0 Å². The molecule has 1 saturated carbocycles. The Labute approximate surface area is 57.4 Å². The predicted molar refractivity (Wildman–Crippen MR) is 38.4 cm³/mol. The van der Waals surface area contributed by atoms with Gasteiger partial charge in [0.25, 0.3) is 0 Å². The van der Waals surface area contributed by atoms with E-state index in [4.69, 9.17) is 4.74 Å². The van der Waals surface area contributed by atoms with Crippen molar-refractivity contribution < 1.29 is 4.74 Å². The molecule has 0 amide bonds. The van der Waals surface area contributed by atoms with Gasteiger partial charge in [-0.3, -0.25) is 0 Å². The summed E-state index contributed by atoms with van der Waals surface area (Å²) >= 11 is 0. The molecule has 0 bridgehead atoms. The predicted octanol–water partition coefficient (Wildman–Crippen LogP) is 2.07. The van der Waals surface area contributed by atoms with Crippen LogP contribution in [0.3, 0.4) is 0 Å². The van der Waals surface area contributed by atoms with Crippen molar-refractivity contribution in [3.63, 3.8) is 0 Å². The van der Waals surface area contributed by atoms with Crippen molar-refractivity contribution >= 4 is 0 Å². The molecule has 1 aliphatic carbocycles. The summed E-state index contributed by atoms with van der Waals surface area (Å²) in [5.74, 6) is 1.81. The minimum Gasteiger partial charge on any atom is -0.381 e. The fourth-order valence-corrected chi connectivity index (χ4v) is 1.11. The lowest BCUT2D eigenvalue weighted by Gasteiger charge is -2.07. The second kappa shape index (κ2) is 3.21. The Morgan fingerprint density at radius 2 is 2.22 bits per heavy atom. The first-order valence-electron chi connectivity index (χ1n) is 3.92. The van der Waals surface area contributed by atoms with Crippen LogP contribution in [0.25, 0.3) is 0 Å². The quantitative estimate of drug-likeness (QED) is 0.563. The van der Waals surface area contributed by atoms with Gasteiger partial charge in [0.15, 0.2) is 0 Å². The molecule has 1 fully saturated rings. The third kappa shape index (κ3) is 2.35. The maximum absolute atomic E-state index is 5.30. The molecular formula is C8H16O. The first-order valence-corrected chi connectivity index (χ1v) is 3.92. The zero-order valence-electron chi connectivity index (χ0n) is 6.39.